The van der Waals surface area contributed by atoms with Gasteiger partial charge >= 0.3 is 0 Å². The van der Waals surface area contributed by atoms with Crippen molar-refractivity contribution in [3.05, 3.63) is 0 Å². The molecule has 0 aromatic heterocycles. The standard InChI is InChI=1S/C11H23NO3/c1-12(7-11(14)8-15-2)9-3-5-10(13)6-4-9/h9-11,13-14H,3-8H2,1-2H3. The number of aliphatic hydroxyl groups is 2. The summed E-state index contributed by atoms with van der Waals surface area (Å²) in [5.74, 6) is 0. The molecule has 1 atom stereocenters. The van der Waals surface area contributed by atoms with Crippen LogP contribution in [0.5, 0.6) is 0 Å². The number of nitrogens with zero attached hydrogens (tertiary/aromatic N) is 1. The van der Waals surface area contributed by atoms with Crippen molar-refractivity contribution in [2.75, 3.05) is 27.3 Å². The minimum atomic E-state index is -0.410. The van der Waals surface area contributed by atoms with Crippen LogP contribution in [0.2, 0.25) is 0 Å². The Morgan fingerprint density at radius 2 is 1.93 bits per heavy atom. The first-order chi connectivity index (χ1) is 7.13. The van der Waals surface area contributed by atoms with E-state index in [-0.39, 0.29) is 6.10 Å². The van der Waals surface area contributed by atoms with E-state index in [0.717, 1.165) is 25.7 Å². The number of aliphatic hydroxyl groups excluding tert-OH is 2. The highest BCUT2D eigenvalue weighted by Crippen LogP contribution is 2.22. The van der Waals surface area contributed by atoms with Gasteiger partial charge in [0.2, 0.25) is 0 Å². The van der Waals surface area contributed by atoms with Crippen molar-refractivity contribution >= 4 is 0 Å². The van der Waals surface area contributed by atoms with Crippen molar-refractivity contribution in [1.82, 2.24) is 4.90 Å². The van der Waals surface area contributed by atoms with Crippen LogP contribution >= 0.6 is 0 Å². The van der Waals surface area contributed by atoms with Crippen molar-refractivity contribution in [3.63, 3.8) is 0 Å². The topological polar surface area (TPSA) is 52.9 Å². The van der Waals surface area contributed by atoms with E-state index >= 15 is 0 Å². The van der Waals surface area contributed by atoms with E-state index in [4.69, 9.17) is 4.74 Å². The highest BCUT2D eigenvalue weighted by molar-refractivity contribution is 4.78. The zero-order valence-corrected chi connectivity index (χ0v) is 9.72. The zero-order chi connectivity index (χ0) is 11.3. The molecule has 4 heteroatoms. The van der Waals surface area contributed by atoms with Gasteiger partial charge in [-0.2, -0.15) is 0 Å². The molecule has 0 saturated heterocycles. The van der Waals surface area contributed by atoms with Crippen LogP contribution in [0.25, 0.3) is 0 Å². The molecule has 0 aliphatic heterocycles. The summed E-state index contributed by atoms with van der Waals surface area (Å²) in [6, 6.07) is 0.500. The normalized spacial score (nSPS) is 29.4. The molecule has 15 heavy (non-hydrogen) atoms. The molecule has 0 spiro atoms. The van der Waals surface area contributed by atoms with Crippen LogP contribution in [0.4, 0.5) is 0 Å². The molecule has 0 bridgehead atoms. The lowest BCUT2D eigenvalue weighted by Crippen LogP contribution is -2.41. The largest absolute Gasteiger partial charge is 0.393 e. The number of methoxy groups -OCH3 is 1. The Hall–Kier alpha value is -0.160. The minimum absolute atomic E-state index is 0.112. The van der Waals surface area contributed by atoms with Crippen molar-refractivity contribution < 1.29 is 14.9 Å². The Kier molecular flexibility index (Phi) is 5.53. The number of likely N-dealkylation sites (N-methyl/N-ethyl adjacent to an activating group) is 1. The maximum atomic E-state index is 9.59. The van der Waals surface area contributed by atoms with E-state index in [1.165, 1.54) is 0 Å². The Bertz CT molecular complexity index is 169. The maximum absolute atomic E-state index is 9.59. The van der Waals surface area contributed by atoms with E-state index in [0.29, 0.717) is 19.2 Å². The summed E-state index contributed by atoms with van der Waals surface area (Å²) in [7, 11) is 3.63. The summed E-state index contributed by atoms with van der Waals surface area (Å²) < 4.78 is 4.89. The summed E-state index contributed by atoms with van der Waals surface area (Å²) in [6.07, 6.45) is 3.30. The fourth-order valence-corrected chi connectivity index (χ4v) is 2.23. The molecule has 0 amide bonds. The van der Waals surface area contributed by atoms with E-state index < -0.39 is 6.10 Å². The summed E-state index contributed by atoms with van der Waals surface area (Å²) in [4.78, 5) is 2.18. The van der Waals surface area contributed by atoms with Gasteiger partial charge in [0.25, 0.3) is 0 Å². The number of rotatable bonds is 5. The first-order valence-electron chi connectivity index (χ1n) is 5.68. The highest BCUT2D eigenvalue weighted by atomic mass is 16.5. The summed E-state index contributed by atoms with van der Waals surface area (Å²) in [6.45, 7) is 1.04. The molecule has 2 N–H and O–H groups in total. The molecule has 0 aromatic carbocycles. The third-order valence-corrected chi connectivity index (χ3v) is 3.15. The summed E-state index contributed by atoms with van der Waals surface area (Å²) in [5, 5.41) is 19.0. The van der Waals surface area contributed by atoms with E-state index in [1.54, 1.807) is 7.11 Å². The van der Waals surface area contributed by atoms with Crippen LogP contribution < -0.4 is 0 Å². The predicted molar refractivity (Wildman–Crippen MR) is 58.8 cm³/mol. The molecular formula is C11H23NO3. The molecule has 1 saturated carbocycles. The first kappa shape index (κ1) is 12.9. The second kappa shape index (κ2) is 6.43. The average Bonchev–Trinajstić information content (AvgIpc) is 2.18. The van der Waals surface area contributed by atoms with Crippen LogP contribution in [0.3, 0.4) is 0 Å². The van der Waals surface area contributed by atoms with Gasteiger partial charge in [-0.15, -0.1) is 0 Å². The van der Waals surface area contributed by atoms with Gasteiger partial charge < -0.3 is 19.8 Å². The quantitative estimate of drug-likeness (QED) is 0.692. The second-order valence-corrected chi connectivity index (χ2v) is 4.51. The smallest absolute Gasteiger partial charge is 0.0900 e. The molecule has 1 unspecified atom stereocenters. The van der Waals surface area contributed by atoms with Gasteiger partial charge in [-0.05, 0) is 32.7 Å². The van der Waals surface area contributed by atoms with E-state index in [1.807, 2.05) is 7.05 Å². The number of hydrogen-bond donors (Lipinski definition) is 2. The van der Waals surface area contributed by atoms with Crippen molar-refractivity contribution in [1.29, 1.82) is 0 Å². The minimum Gasteiger partial charge on any atom is -0.393 e. The van der Waals surface area contributed by atoms with Crippen LogP contribution in [0.15, 0.2) is 0 Å². The Morgan fingerprint density at radius 3 is 2.47 bits per heavy atom. The monoisotopic (exact) mass is 217 g/mol. The van der Waals surface area contributed by atoms with Gasteiger partial charge in [0.1, 0.15) is 0 Å². The lowest BCUT2D eigenvalue weighted by atomic mass is 9.92. The maximum Gasteiger partial charge on any atom is 0.0900 e. The van der Waals surface area contributed by atoms with E-state index in [2.05, 4.69) is 4.90 Å². The SMILES string of the molecule is COCC(O)CN(C)C1CCC(O)CC1. The molecule has 0 heterocycles. The van der Waals surface area contributed by atoms with Crippen LogP contribution in [-0.2, 0) is 4.74 Å². The fourth-order valence-electron chi connectivity index (χ4n) is 2.23. The Labute approximate surface area is 91.8 Å². The van der Waals surface area contributed by atoms with Gasteiger partial charge in [-0.25, -0.2) is 0 Å². The average molecular weight is 217 g/mol. The predicted octanol–water partition coefficient (Wildman–Crippen LogP) is 0.229. The van der Waals surface area contributed by atoms with Crippen molar-refractivity contribution in [3.8, 4) is 0 Å². The first-order valence-corrected chi connectivity index (χ1v) is 5.68. The molecule has 0 aromatic rings. The summed E-state index contributed by atoms with van der Waals surface area (Å²) in [5.41, 5.74) is 0. The zero-order valence-electron chi connectivity index (χ0n) is 9.72. The van der Waals surface area contributed by atoms with Gasteiger partial charge in [-0.1, -0.05) is 0 Å². The third-order valence-electron chi connectivity index (χ3n) is 3.15. The molecule has 90 valence electrons. The van der Waals surface area contributed by atoms with Gasteiger partial charge in [0, 0.05) is 19.7 Å². The fraction of sp³-hybridized carbons (Fsp3) is 1.00. The van der Waals surface area contributed by atoms with Gasteiger partial charge in [0.05, 0.1) is 18.8 Å². The highest BCUT2D eigenvalue weighted by Gasteiger charge is 2.23. The lowest BCUT2D eigenvalue weighted by Gasteiger charge is -2.34. The number of hydrogen-bond acceptors (Lipinski definition) is 4. The number of ether oxygens (including phenoxy) is 1. The molecule has 1 aliphatic rings. The third kappa shape index (κ3) is 4.47. The Balaban J connectivity index is 2.24. The van der Waals surface area contributed by atoms with Crippen LogP contribution in [0.1, 0.15) is 25.7 Å². The van der Waals surface area contributed by atoms with Gasteiger partial charge in [0.15, 0.2) is 0 Å². The van der Waals surface area contributed by atoms with Crippen LogP contribution in [-0.4, -0.2) is 60.7 Å². The Morgan fingerprint density at radius 1 is 1.33 bits per heavy atom. The van der Waals surface area contributed by atoms with Crippen molar-refractivity contribution in [2.24, 2.45) is 0 Å². The van der Waals surface area contributed by atoms with E-state index in [9.17, 15) is 10.2 Å². The molecule has 1 rings (SSSR count). The summed E-state index contributed by atoms with van der Waals surface area (Å²) >= 11 is 0. The van der Waals surface area contributed by atoms with Gasteiger partial charge in [-0.3, -0.25) is 0 Å². The molecular weight excluding hydrogens is 194 g/mol. The van der Waals surface area contributed by atoms with Crippen molar-refractivity contribution in [2.45, 2.75) is 43.9 Å². The molecule has 4 nitrogen and oxygen atoms in total. The molecule has 0 radical (unpaired) electrons. The molecule has 1 aliphatic carbocycles. The van der Waals surface area contributed by atoms with Crippen LogP contribution in [0, 0.1) is 0 Å². The second-order valence-electron chi connectivity index (χ2n) is 4.51. The molecule has 1 fully saturated rings. The lowest BCUT2D eigenvalue weighted by molar-refractivity contribution is 0.0207.